The van der Waals surface area contributed by atoms with Crippen molar-refractivity contribution >= 4 is 5.78 Å². The van der Waals surface area contributed by atoms with Gasteiger partial charge >= 0.3 is 0 Å². The van der Waals surface area contributed by atoms with E-state index in [-0.39, 0.29) is 5.54 Å². The maximum absolute atomic E-state index is 12.5. The molecule has 19 heavy (non-hydrogen) atoms. The van der Waals surface area contributed by atoms with Crippen molar-refractivity contribution in [3.63, 3.8) is 0 Å². The van der Waals surface area contributed by atoms with Gasteiger partial charge in [0.1, 0.15) is 0 Å². The van der Waals surface area contributed by atoms with E-state index in [1.807, 2.05) is 0 Å². The molecule has 3 heteroatoms. The second-order valence-corrected chi connectivity index (χ2v) is 6.56. The van der Waals surface area contributed by atoms with Gasteiger partial charge in [-0.2, -0.15) is 0 Å². The first kappa shape index (κ1) is 15.0. The fraction of sp³-hybridized carbons (Fsp3) is 0.938. The molecule has 2 saturated heterocycles. The number of carbonyl (C=O) groups excluding carboxylic acids is 1. The van der Waals surface area contributed by atoms with Crippen LogP contribution >= 0.6 is 0 Å². The van der Waals surface area contributed by atoms with Crippen LogP contribution in [0.1, 0.15) is 65.2 Å². The van der Waals surface area contributed by atoms with Gasteiger partial charge in [0.05, 0.1) is 11.6 Å². The Kier molecular flexibility index (Phi) is 5.40. The predicted octanol–water partition coefficient (Wildman–Crippen LogP) is 3.17. The van der Waals surface area contributed by atoms with Crippen LogP contribution in [0.3, 0.4) is 0 Å². The molecular formula is C16H29NO2. The summed E-state index contributed by atoms with van der Waals surface area (Å²) < 4.78 is 5.62. The van der Waals surface area contributed by atoms with Crippen molar-refractivity contribution in [2.45, 2.75) is 76.9 Å². The van der Waals surface area contributed by atoms with Crippen LogP contribution in [0.25, 0.3) is 0 Å². The maximum atomic E-state index is 12.5. The van der Waals surface area contributed by atoms with Gasteiger partial charge in [-0.05, 0) is 59.0 Å². The number of rotatable bonds is 5. The minimum Gasteiger partial charge on any atom is -0.378 e. The molecule has 2 aliphatic rings. The Bertz CT molecular complexity index is 287. The Morgan fingerprint density at radius 2 is 1.84 bits per heavy atom. The van der Waals surface area contributed by atoms with Gasteiger partial charge in [-0.1, -0.05) is 12.8 Å². The molecule has 2 rings (SSSR count). The molecule has 0 saturated carbocycles. The van der Waals surface area contributed by atoms with Crippen LogP contribution in [-0.4, -0.2) is 42.0 Å². The standard InChI is InChI=1S/C16H29NO2/c1-16(2,17-11-5-3-4-6-12-17)15(18)10-9-14-8-7-13-19-14/h14H,3-13H2,1-2H3. The van der Waals surface area contributed by atoms with Gasteiger partial charge < -0.3 is 4.74 Å². The lowest BCUT2D eigenvalue weighted by atomic mass is 9.91. The highest BCUT2D eigenvalue weighted by molar-refractivity contribution is 5.87. The lowest BCUT2D eigenvalue weighted by molar-refractivity contribution is -0.130. The summed E-state index contributed by atoms with van der Waals surface area (Å²) in [5.74, 6) is 0.393. The molecule has 0 aliphatic carbocycles. The van der Waals surface area contributed by atoms with Crippen LogP contribution in [0, 0.1) is 0 Å². The zero-order valence-electron chi connectivity index (χ0n) is 12.6. The first-order valence-electron chi connectivity index (χ1n) is 8.00. The van der Waals surface area contributed by atoms with Gasteiger partial charge in [0.25, 0.3) is 0 Å². The van der Waals surface area contributed by atoms with Crippen molar-refractivity contribution in [3.05, 3.63) is 0 Å². The Morgan fingerprint density at radius 1 is 1.16 bits per heavy atom. The SMILES string of the molecule is CC(C)(C(=O)CCC1CCCO1)N1CCCCCC1. The number of ether oxygens (including phenoxy) is 1. The average Bonchev–Trinajstić information content (AvgIpc) is 2.75. The molecule has 0 N–H and O–H groups in total. The van der Waals surface area contributed by atoms with Gasteiger partial charge in [0, 0.05) is 13.0 Å². The minimum absolute atomic E-state index is 0.289. The molecule has 1 atom stereocenters. The third kappa shape index (κ3) is 4.03. The van der Waals surface area contributed by atoms with Crippen molar-refractivity contribution in [2.75, 3.05) is 19.7 Å². The zero-order valence-corrected chi connectivity index (χ0v) is 12.6. The van der Waals surface area contributed by atoms with Crippen LogP contribution in [0.5, 0.6) is 0 Å². The van der Waals surface area contributed by atoms with Gasteiger partial charge in [0.15, 0.2) is 5.78 Å². The molecule has 2 aliphatic heterocycles. The first-order valence-corrected chi connectivity index (χ1v) is 8.00. The molecule has 0 spiro atoms. The first-order chi connectivity index (χ1) is 9.10. The molecule has 110 valence electrons. The van der Waals surface area contributed by atoms with Gasteiger partial charge in [0.2, 0.25) is 0 Å². The van der Waals surface area contributed by atoms with Gasteiger partial charge in [-0.15, -0.1) is 0 Å². The summed E-state index contributed by atoms with van der Waals surface area (Å²) in [4.78, 5) is 14.9. The largest absolute Gasteiger partial charge is 0.378 e. The summed E-state index contributed by atoms with van der Waals surface area (Å²) in [6, 6.07) is 0. The molecular weight excluding hydrogens is 238 g/mol. The lowest BCUT2D eigenvalue weighted by Gasteiger charge is -2.36. The summed E-state index contributed by atoms with van der Waals surface area (Å²) in [6.45, 7) is 7.26. The maximum Gasteiger partial charge on any atom is 0.152 e. The number of hydrogen-bond acceptors (Lipinski definition) is 3. The highest BCUT2D eigenvalue weighted by atomic mass is 16.5. The van der Waals surface area contributed by atoms with Crippen LogP contribution in [0.2, 0.25) is 0 Å². The topological polar surface area (TPSA) is 29.5 Å². The lowest BCUT2D eigenvalue weighted by Crippen LogP contribution is -2.50. The fourth-order valence-electron chi connectivity index (χ4n) is 3.28. The fourth-order valence-corrected chi connectivity index (χ4v) is 3.28. The normalized spacial score (nSPS) is 26.3. The second kappa shape index (κ2) is 6.85. The van der Waals surface area contributed by atoms with E-state index in [1.165, 1.54) is 25.7 Å². The third-order valence-corrected chi connectivity index (χ3v) is 4.80. The van der Waals surface area contributed by atoms with Crippen LogP contribution < -0.4 is 0 Å². The molecule has 0 bridgehead atoms. The number of likely N-dealkylation sites (tertiary alicyclic amines) is 1. The molecule has 3 nitrogen and oxygen atoms in total. The van der Waals surface area contributed by atoms with E-state index in [4.69, 9.17) is 4.74 Å². The van der Waals surface area contributed by atoms with E-state index >= 15 is 0 Å². The summed E-state index contributed by atoms with van der Waals surface area (Å²) >= 11 is 0. The number of Topliss-reactive ketones (excluding diaryl/α,β-unsaturated/α-hetero) is 1. The van der Waals surface area contributed by atoms with E-state index < -0.39 is 0 Å². The third-order valence-electron chi connectivity index (χ3n) is 4.80. The number of hydrogen-bond donors (Lipinski definition) is 0. The van der Waals surface area contributed by atoms with Crippen LogP contribution in [-0.2, 0) is 9.53 Å². The van der Waals surface area contributed by atoms with E-state index in [2.05, 4.69) is 18.7 Å². The molecule has 0 aromatic heterocycles. The molecule has 0 aromatic carbocycles. The van der Waals surface area contributed by atoms with Crippen molar-refractivity contribution in [3.8, 4) is 0 Å². The highest BCUT2D eigenvalue weighted by Gasteiger charge is 2.34. The summed E-state index contributed by atoms with van der Waals surface area (Å²) in [6.07, 6.45) is 9.33. The molecule has 0 radical (unpaired) electrons. The smallest absolute Gasteiger partial charge is 0.152 e. The Labute approximate surface area is 117 Å². The van der Waals surface area contributed by atoms with E-state index in [0.717, 1.165) is 39.0 Å². The van der Waals surface area contributed by atoms with E-state index in [0.29, 0.717) is 18.3 Å². The molecule has 2 fully saturated rings. The summed E-state index contributed by atoms with van der Waals surface area (Å²) in [7, 11) is 0. The van der Waals surface area contributed by atoms with Crippen molar-refractivity contribution in [2.24, 2.45) is 0 Å². The average molecular weight is 267 g/mol. The van der Waals surface area contributed by atoms with Crippen molar-refractivity contribution < 1.29 is 9.53 Å². The molecule has 2 heterocycles. The van der Waals surface area contributed by atoms with E-state index in [9.17, 15) is 4.79 Å². The molecule has 1 unspecified atom stereocenters. The second-order valence-electron chi connectivity index (χ2n) is 6.56. The van der Waals surface area contributed by atoms with Crippen LogP contribution in [0.15, 0.2) is 0 Å². The Hall–Kier alpha value is -0.410. The Balaban J connectivity index is 1.83. The number of ketones is 1. The van der Waals surface area contributed by atoms with Crippen LogP contribution in [0.4, 0.5) is 0 Å². The molecule has 0 aromatic rings. The Morgan fingerprint density at radius 3 is 2.42 bits per heavy atom. The predicted molar refractivity (Wildman–Crippen MR) is 77.3 cm³/mol. The monoisotopic (exact) mass is 267 g/mol. The zero-order chi connectivity index (χ0) is 13.7. The quantitative estimate of drug-likeness (QED) is 0.766. The van der Waals surface area contributed by atoms with Gasteiger partial charge in [-0.3, -0.25) is 9.69 Å². The summed E-state index contributed by atoms with van der Waals surface area (Å²) in [5, 5.41) is 0. The number of carbonyl (C=O) groups is 1. The molecule has 0 amide bonds. The highest BCUT2D eigenvalue weighted by Crippen LogP contribution is 2.24. The van der Waals surface area contributed by atoms with Crippen molar-refractivity contribution in [1.29, 1.82) is 0 Å². The number of nitrogens with zero attached hydrogens (tertiary/aromatic N) is 1. The summed E-state index contributed by atoms with van der Waals surface area (Å²) in [5.41, 5.74) is -0.289. The van der Waals surface area contributed by atoms with Crippen molar-refractivity contribution in [1.82, 2.24) is 4.90 Å². The van der Waals surface area contributed by atoms with E-state index in [1.54, 1.807) is 0 Å². The minimum atomic E-state index is -0.289. The van der Waals surface area contributed by atoms with Gasteiger partial charge in [-0.25, -0.2) is 0 Å².